The molecule has 1 heterocycles. The van der Waals surface area contributed by atoms with Crippen molar-refractivity contribution in [2.75, 3.05) is 16.0 Å². The standard InChI is InChI=1S/C32H23N5O10S2/c38-30(39)21-9-22(31(40)41)13-25(12-21)34-29-16-28(33-23-5-2-20-15-27(49(43,44)45)8-4-18(20)10-23)36-32(37-29)35-24-6-1-19-14-26(48-47-46-42)7-3-17(19)11-24/h1-16,42H,(H,38,39)(H,40,41)(H,43,44,45)(H3,33,34,35,36,37). The summed E-state index contributed by atoms with van der Waals surface area (Å²) in [5.41, 5.74) is 0.860. The number of hydrogen-bond acceptors (Lipinski definition) is 13. The molecule has 7 N–H and O–H groups in total. The summed E-state index contributed by atoms with van der Waals surface area (Å²) in [6, 6.07) is 25.3. The van der Waals surface area contributed by atoms with Gasteiger partial charge in [-0.3, -0.25) is 4.55 Å². The lowest BCUT2D eigenvalue weighted by atomic mass is 10.1. The molecule has 248 valence electrons. The number of carboxylic acid groups (broad SMARTS) is 2. The third-order valence-electron chi connectivity index (χ3n) is 7.04. The van der Waals surface area contributed by atoms with Crippen LogP contribution in [0.1, 0.15) is 20.7 Å². The van der Waals surface area contributed by atoms with E-state index in [0.29, 0.717) is 27.0 Å². The molecule has 0 radical (unpaired) electrons. The first-order valence-electron chi connectivity index (χ1n) is 14.0. The number of nitrogens with zero attached hydrogens (tertiary/aromatic N) is 2. The lowest BCUT2D eigenvalue weighted by molar-refractivity contribution is -0.432. The van der Waals surface area contributed by atoms with E-state index < -0.39 is 22.1 Å². The summed E-state index contributed by atoms with van der Waals surface area (Å²) in [5.74, 6) is -2.02. The van der Waals surface area contributed by atoms with Crippen molar-refractivity contribution in [3.8, 4) is 0 Å². The van der Waals surface area contributed by atoms with Crippen molar-refractivity contribution in [1.29, 1.82) is 0 Å². The first-order valence-corrected chi connectivity index (χ1v) is 16.1. The molecule has 0 unspecified atom stereocenters. The van der Waals surface area contributed by atoms with Crippen LogP contribution in [0.4, 0.5) is 34.6 Å². The zero-order valence-corrected chi connectivity index (χ0v) is 26.3. The molecule has 5 aromatic carbocycles. The Bertz CT molecular complexity index is 2340. The quantitative estimate of drug-likeness (QED) is 0.0292. The van der Waals surface area contributed by atoms with Crippen LogP contribution in [0.15, 0.2) is 107 Å². The zero-order valence-electron chi connectivity index (χ0n) is 24.7. The molecule has 0 fully saturated rings. The molecule has 0 spiro atoms. The summed E-state index contributed by atoms with van der Waals surface area (Å²) < 4.78 is 37.0. The zero-order chi connectivity index (χ0) is 34.7. The van der Waals surface area contributed by atoms with E-state index >= 15 is 0 Å². The van der Waals surface area contributed by atoms with Gasteiger partial charge in [-0.2, -0.15) is 18.4 Å². The Hall–Kier alpha value is -5.82. The molecule has 0 amide bonds. The van der Waals surface area contributed by atoms with Crippen LogP contribution in [-0.2, 0) is 19.5 Å². The Morgan fingerprint density at radius 3 is 1.76 bits per heavy atom. The number of nitrogens with one attached hydrogen (secondary N) is 3. The van der Waals surface area contributed by atoms with Crippen molar-refractivity contribution in [3.63, 3.8) is 0 Å². The molecular weight excluding hydrogens is 679 g/mol. The molecule has 0 bridgehead atoms. The molecule has 49 heavy (non-hydrogen) atoms. The molecule has 0 saturated carbocycles. The van der Waals surface area contributed by atoms with Crippen molar-refractivity contribution in [2.24, 2.45) is 0 Å². The molecule has 0 aliphatic heterocycles. The fourth-order valence-corrected chi connectivity index (χ4v) is 5.80. The number of aromatic nitrogens is 2. The van der Waals surface area contributed by atoms with E-state index in [2.05, 4.69) is 35.3 Å². The summed E-state index contributed by atoms with van der Waals surface area (Å²) in [4.78, 5) is 32.9. The number of benzene rings is 5. The molecule has 6 aromatic rings. The molecule has 0 atom stereocenters. The van der Waals surface area contributed by atoms with Gasteiger partial charge in [-0.25, -0.2) is 14.8 Å². The second kappa shape index (κ2) is 13.7. The number of carboxylic acids is 2. The largest absolute Gasteiger partial charge is 0.478 e. The Morgan fingerprint density at radius 2 is 1.16 bits per heavy atom. The van der Waals surface area contributed by atoms with Crippen LogP contribution >= 0.6 is 12.0 Å². The van der Waals surface area contributed by atoms with Crippen LogP contribution in [0.5, 0.6) is 0 Å². The van der Waals surface area contributed by atoms with Crippen LogP contribution in [0.2, 0.25) is 0 Å². The van der Waals surface area contributed by atoms with Gasteiger partial charge in [0.1, 0.15) is 11.6 Å². The molecule has 6 rings (SSSR count). The molecule has 1 aromatic heterocycles. The van der Waals surface area contributed by atoms with Crippen LogP contribution in [-0.4, -0.2) is 50.3 Å². The average molecular weight is 702 g/mol. The molecule has 0 saturated heterocycles. The van der Waals surface area contributed by atoms with Gasteiger partial charge in [0.05, 0.1) is 28.1 Å². The molecule has 15 nitrogen and oxygen atoms in total. The Morgan fingerprint density at radius 1 is 0.633 bits per heavy atom. The predicted octanol–water partition coefficient (Wildman–Crippen LogP) is 7.09. The van der Waals surface area contributed by atoms with Crippen LogP contribution < -0.4 is 16.0 Å². The highest BCUT2D eigenvalue weighted by Gasteiger charge is 2.14. The van der Waals surface area contributed by atoms with E-state index in [-0.39, 0.29) is 39.3 Å². The summed E-state index contributed by atoms with van der Waals surface area (Å²) in [7, 11) is -4.38. The van der Waals surface area contributed by atoms with Crippen LogP contribution in [0.25, 0.3) is 21.5 Å². The SMILES string of the molecule is O=C(O)c1cc(Nc2cc(Nc3ccc4cc(S(=O)(=O)O)ccc4c3)nc(Nc3ccc4cc(SOOO)ccc4c3)n2)cc(C(=O)O)c1. The van der Waals surface area contributed by atoms with Crippen LogP contribution in [0.3, 0.4) is 0 Å². The monoisotopic (exact) mass is 701 g/mol. The van der Waals surface area contributed by atoms with Gasteiger partial charge in [-0.1, -0.05) is 29.3 Å². The average Bonchev–Trinajstić information content (AvgIpc) is 3.06. The van der Waals surface area contributed by atoms with E-state index in [1.54, 1.807) is 36.4 Å². The topological polar surface area (TPSA) is 230 Å². The summed E-state index contributed by atoms with van der Waals surface area (Å²) in [5, 5.41) is 43.4. The highest BCUT2D eigenvalue weighted by molar-refractivity contribution is 7.94. The second-order valence-corrected chi connectivity index (χ2v) is 12.6. The highest BCUT2D eigenvalue weighted by Crippen LogP contribution is 2.30. The normalized spacial score (nSPS) is 11.4. The van der Waals surface area contributed by atoms with Gasteiger partial charge in [-0.05, 0) is 88.3 Å². The number of hydrogen-bond donors (Lipinski definition) is 7. The maximum atomic E-state index is 11.7. The molecular formula is C32H23N5O10S2. The van der Waals surface area contributed by atoms with Gasteiger partial charge in [0.15, 0.2) is 0 Å². The van der Waals surface area contributed by atoms with E-state index in [1.807, 2.05) is 24.3 Å². The predicted molar refractivity (Wildman–Crippen MR) is 181 cm³/mol. The lowest BCUT2D eigenvalue weighted by Crippen LogP contribution is -2.07. The smallest absolute Gasteiger partial charge is 0.335 e. The first kappa shape index (κ1) is 33.1. The lowest BCUT2D eigenvalue weighted by Gasteiger charge is -2.14. The van der Waals surface area contributed by atoms with Crippen molar-refractivity contribution in [3.05, 3.63) is 108 Å². The Balaban J connectivity index is 1.35. The third-order valence-corrected chi connectivity index (χ3v) is 8.46. The van der Waals surface area contributed by atoms with Crippen molar-refractivity contribution in [2.45, 2.75) is 9.79 Å². The van der Waals surface area contributed by atoms with Gasteiger partial charge < -0.3 is 26.2 Å². The third kappa shape index (κ3) is 8.01. The van der Waals surface area contributed by atoms with Gasteiger partial charge in [-0.15, -0.1) is 4.33 Å². The number of fused-ring (bicyclic) bond motifs is 2. The van der Waals surface area contributed by atoms with Gasteiger partial charge >= 0.3 is 11.9 Å². The van der Waals surface area contributed by atoms with Crippen LogP contribution in [0, 0.1) is 0 Å². The highest BCUT2D eigenvalue weighted by atomic mass is 32.2. The molecule has 17 heteroatoms. The van der Waals surface area contributed by atoms with E-state index in [1.165, 1.54) is 30.3 Å². The molecule has 0 aliphatic carbocycles. The first-order chi connectivity index (χ1) is 23.4. The van der Waals surface area contributed by atoms with Crippen molar-refractivity contribution >= 4 is 90.3 Å². The maximum absolute atomic E-state index is 11.7. The maximum Gasteiger partial charge on any atom is 0.335 e. The fraction of sp³-hybridized carbons (Fsp3) is 0. The summed E-state index contributed by atoms with van der Waals surface area (Å²) >= 11 is 0.832. The number of rotatable bonds is 12. The second-order valence-electron chi connectivity index (χ2n) is 10.4. The Labute approximate surface area is 281 Å². The van der Waals surface area contributed by atoms with Gasteiger partial charge in [0.2, 0.25) is 5.95 Å². The Kier molecular flexibility index (Phi) is 9.27. The minimum Gasteiger partial charge on any atom is -0.478 e. The molecule has 0 aliphatic rings. The van der Waals surface area contributed by atoms with E-state index in [9.17, 15) is 32.8 Å². The minimum absolute atomic E-state index is 0.124. The summed E-state index contributed by atoms with van der Waals surface area (Å²) in [6.07, 6.45) is 0. The van der Waals surface area contributed by atoms with E-state index in [4.69, 9.17) is 5.26 Å². The van der Waals surface area contributed by atoms with Crippen molar-refractivity contribution < 1.29 is 47.4 Å². The number of carbonyl (C=O) groups is 2. The van der Waals surface area contributed by atoms with Gasteiger partial charge in [0, 0.05) is 28.0 Å². The summed E-state index contributed by atoms with van der Waals surface area (Å²) in [6.45, 7) is 0. The van der Waals surface area contributed by atoms with Gasteiger partial charge in [0.25, 0.3) is 10.1 Å². The fourth-order valence-electron chi connectivity index (χ4n) is 4.87. The minimum atomic E-state index is -4.38. The van der Waals surface area contributed by atoms with E-state index in [0.717, 1.165) is 28.9 Å². The van der Waals surface area contributed by atoms with Crippen molar-refractivity contribution in [1.82, 2.24) is 9.97 Å². The number of aromatic carboxylic acids is 2. The number of anilines is 6.